The molecule has 1 aromatic rings. The molecule has 2 aliphatic carbocycles. The predicted molar refractivity (Wildman–Crippen MR) is 80.7 cm³/mol. The molecule has 104 valence electrons. The normalized spacial score (nSPS) is 35.6. The monoisotopic (exact) mass is 325 g/mol. The zero-order chi connectivity index (χ0) is 13.8. The summed E-state index contributed by atoms with van der Waals surface area (Å²) in [5, 5.41) is 3.52. The van der Waals surface area contributed by atoms with Crippen molar-refractivity contribution in [3.05, 3.63) is 28.5 Å². The second-order valence-electron chi connectivity index (χ2n) is 7.09. The third-order valence-electron chi connectivity index (χ3n) is 5.52. The molecule has 0 spiro atoms. The van der Waals surface area contributed by atoms with Crippen molar-refractivity contribution < 1.29 is 4.39 Å². The average Bonchev–Trinajstić information content (AvgIpc) is 2.78. The molecule has 3 atom stereocenters. The van der Waals surface area contributed by atoms with E-state index in [0.29, 0.717) is 17.1 Å². The van der Waals surface area contributed by atoms with Crippen LogP contribution in [0, 0.1) is 22.6 Å². The van der Waals surface area contributed by atoms with Gasteiger partial charge in [-0.05, 0) is 64.1 Å². The van der Waals surface area contributed by atoms with Gasteiger partial charge in [0.25, 0.3) is 0 Å². The summed E-state index contributed by atoms with van der Waals surface area (Å²) in [6.45, 7) is 7.01. The Morgan fingerprint density at radius 1 is 1.32 bits per heavy atom. The van der Waals surface area contributed by atoms with Crippen LogP contribution in [0.4, 0.5) is 10.1 Å². The minimum Gasteiger partial charge on any atom is -0.378 e. The maximum Gasteiger partial charge on any atom is 0.147 e. The standard InChI is InChI=1S/C16H21BrFN/c1-15(2)10-7-8-16(3,9-10)14(15)19-13-11(17)5-4-6-12(13)18/h4-6,10,14,19H,7-9H2,1-3H3/t10-,14?,16+/m0/s1. The Kier molecular flexibility index (Phi) is 2.97. The molecule has 2 saturated carbocycles. The van der Waals surface area contributed by atoms with E-state index in [1.807, 2.05) is 6.07 Å². The van der Waals surface area contributed by atoms with Crippen LogP contribution in [0.1, 0.15) is 40.0 Å². The van der Waals surface area contributed by atoms with E-state index >= 15 is 0 Å². The van der Waals surface area contributed by atoms with Crippen LogP contribution in [0.5, 0.6) is 0 Å². The molecule has 0 radical (unpaired) electrons. The lowest BCUT2D eigenvalue weighted by atomic mass is 9.68. The molecular formula is C16H21BrFN. The molecule has 0 saturated heterocycles. The molecule has 3 heteroatoms. The number of anilines is 1. The second-order valence-corrected chi connectivity index (χ2v) is 7.94. The molecule has 0 aromatic heterocycles. The highest BCUT2D eigenvalue weighted by atomic mass is 79.9. The predicted octanol–water partition coefficient (Wildman–Crippen LogP) is 5.21. The summed E-state index contributed by atoms with van der Waals surface area (Å²) in [4.78, 5) is 0. The van der Waals surface area contributed by atoms with Crippen LogP contribution in [0.3, 0.4) is 0 Å². The summed E-state index contributed by atoms with van der Waals surface area (Å²) in [5.74, 6) is 0.595. The molecule has 0 amide bonds. The first kappa shape index (κ1) is 13.4. The zero-order valence-electron chi connectivity index (χ0n) is 11.8. The largest absolute Gasteiger partial charge is 0.378 e. The van der Waals surface area contributed by atoms with Crippen LogP contribution in [-0.2, 0) is 0 Å². The molecular weight excluding hydrogens is 305 g/mol. The average molecular weight is 326 g/mol. The van der Waals surface area contributed by atoms with E-state index in [2.05, 4.69) is 42.0 Å². The number of fused-ring (bicyclic) bond motifs is 2. The van der Waals surface area contributed by atoms with Crippen molar-refractivity contribution in [3.8, 4) is 0 Å². The van der Waals surface area contributed by atoms with E-state index in [1.165, 1.54) is 25.3 Å². The molecule has 2 fully saturated rings. The Morgan fingerprint density at radius 2 is 2.05 bits per heavy atom. The molecule has 0 aliphatic heterocycles. The number of hydrogen-bond acceptors (Lipinski definition) is 1. The highest BCUT2D eigenvalue weighted by Gasteiger charge is 2.59. The highest BCUT2D eigenvalue weighted by Crippen LogP contribution is 2.63. The van der Waals surface area contributed by atoms with Gasteiger partial charge in [-0.25, -0.2) is 4.39 Å². The number of hydrogen-bond donors (Lipinski definition) is 1. The third kappa shape index (κ3) is 1.93. The Bertz CT molecular complexity index is 488. The van der Waals surface area contributed by atoms with Crippen LogP contribution in [-0.4, -0.2) is 6.04 Å². The quantitative estimate of drug-likeness (QED) is 0.786. The topological polar surface area (TPSA) is 12.0 Å². The van der Waals surface area contributed by atoms with Crippen molar-refractivity contribution in [2.75, 3.05) is 5.32 Å². The molecule has 0 heterocycles. The van der Waals surface area contributed by atoms with E-state index < -0.39 is 0 Å². The molecule has 1 aromatic carbocycles. The lowest BCUT2D eigenvalue weighted by Gasteiger charge is -2.43. The summed E-state index contributed by atoms with van der Waals surface area (Å²) in [5.41, 5.74) is 1.15. The molecule has 3 rings (SSSR count). The minimum absolute atomic E-state index is 0.170. The van der Waals surface area contributed by atoms with Crippen molar-refractivity contribution in [1.29, 1.82) is 0 Å². The highest BCUT2D eigenvalue weighted by molar-refractivity contribution is 9.10. The fourth-order valence-corrected chi connectivity index (χ4v) is 4.90. The number of rotatable bonds is 2. The van der Waals surface area contributed by atoms with Crippen molar-refractivity contribution in [2.24, 2.45) is 16.7 Å². The fraction of sp³-hybridized carbons (Fsp3) is 0.625. The van der Waals surface area contributed by atoms with Gasteiger partial charge in [-0.2, -0.15) is 0 Å². The summed E-state index contributed by atoms with van der Waals surface area (Å²) in [6.07, 6.45) is 3.84. The number of para-hydroxylation sites is 1. The number of benzene rings is 1. The Balaban J connectivity index is 1.95. The third-order valence-corrected chi connectivity index (χ3v) is 6.18. The Labute approximate surface area is 123 Å². The van der Waals surface area contributed by atoms with Crippen LogP contribution in [0.25, 0.3) is 0 Å². The van der Waals surface area contributed by atoms with Gasteiger partial charge >= 0.3 is 0 Å². The number of halogens is 2. The van der Waals surface area contributed by atoms with Gasteiger partial charge in [-0.3, -0.25) is 0 Å². The van der Waals surface area contributed by atoms with Crippen molar-refractivity contribution in [3.63, 3.8) is 0 Å². The first-order valence-electron chi connectivity index (χ1n) is 7.05. The fourth-order valence-electron chi connectivity index (χ4n) is 4.44. The molecule has 1 unspecified atom stereocenters. The van der Waals surface area contributed by atoms with Crippen LogP contribution in [0.2, 0.25) is 0 Å². The Morgan fingerprint density at radius 3 is 2.63 bits per heavy atom. The summed E-state index contributed by atoms with van der Waals surface area (Å²) < 4.78 is 14.8. The van der Waals surface area contributed by atoms with E-state index in [0.717, 1.165) is 10.4 Å². The van der Waals surface area contributed by atoms with Crippen LogP contribution >= 0.6 is 15.9 Å². The summed E-state index contributed by atoms with van der Waals surface area (Å²) in [6, 6.07) is 5.49. The molecule has 2 aliphatic rings. The smallest absolute Gasteiger partial charge is 0.147 e. The maximum absolute atomic E-state index is 14.0. The van der Waals surface area contributed by atoms with Gasteiger partial charge in [0.1, 0.15) is 5.82 Å². The van der Waals surface area contributed by atoms with Gasteiger partial charge in [-0.1, -0.05) is 26.8 Å². The summed E-state index contributed by atoms with van der Waals surface area (Å²) >= 11 is 3.46. The van der Waals surface area contributed by atoms with E-state index in [1.54, 1.807) is 6.07 Å². The molecule has 1 N–H and O–H groups in total. The van der Waals surface area contributed by atoms with Crippen LogP contribution < -0.4 is 5.32 Å². The van der Waals surface area contributed by atoms with Gasteiger partial charge < -0.3 is 5.32 Å². The summed E-state index contributed by atoms with van der Waals surface area (Å²) in [7, 11) is 0. The van der Waals surface area contributed by atoms with E-state index in [-0.39, 0.29) is 11.2 Å². The second kappa shape index (κ2) is 4.21. The van der Waals surface area contributed by atoms with Gasteiger partial charge in [0, 0.05) is 10.5 Å². The lowest BCUT2D eigenvalue weighted by Crippen LogP contribution is -2.46. The van der Waals surface area contributed by atoms with Gasteiger partial charge in [-0.15, -0.1) is 0 Å². The van der Waals surface area contributed by atoms with Crippen LogP contribution in [0.15, 0.2) is 22.7 Å². The molecule has 1 nitrogen and oxygen atoms in total. The van der Waals surface area contributed by atoms with Gasteiger partial charge in [0.15, 0.2) is 0 Å². The first-order chi connectivity index (χ1) is 8.84. The van der Waals surface area contributed by atoms with E-state index in [9.17, 15) is 4.39 Å². The zero-order valence-corrected chi connectivity index (χ0v) is 13.3. The van der Waals surface area contributed by atoms with Crippen molar-refractivity contribution >= 4 is 21.6 Å². The first-order valence-corrected chi connectivity index (χ1v) is 7.84. The van der Waals surface area contributed by atoms with Crippen molar-refractivity contribution in [1.82, 2.24) is 0 Å². The molecule has 19 heavy (non-hydrogen) atoms. The maximum atomic E-state index is 14.0. The molecule has 2 bridgehead atoms. The minimum atomic E-state index is -0.170. The number of nitrogens with one attached hydrogen (secondary N) is 1. The van der Waals surface area contributed by atoms with E-state index in [4.69, 9.17) is 0 Å². The Hall–Kier alpha value is -0.570. The lowest BCUT2D eigenvalue weighted by molar-refractivity contribution is 0.155. The van der Waals surface area contributed by atoms with Gasteiger partial charge in [0.05, 0.1) is 5.69 Å². The van der Waals surface area contributed by atoms with Gasteiger partial charge in [0.2, 0.25) is 0 Å². The SMILES string of the molecule is CC1(C)C(Nc2c(F)cccc2Br)[C@]2(C)CC[C@H]1C2. The van der Waals surface area contributed by atoms with Crippen molar-refractivity contribution in [2.45, 2.75) is 46.1 Å².